The number of imidazole rings is 1. The van der Waals surface area contributed by atoms with Crippen LogP contribution in [-0.4, -0.2) is 17.4 Å². The standard InChI is InChI=1S/C11H19BN2/c1-8-13-9-7-11(2,12)6-4-5-10(9)14(8)3/h4-7,12H2,1-3H3. The van der Waals surface area contributed by atoms with Gasteiger partial charge in [0.2, 0.25) is 0 Å². The zero-order chi connectivity index (χ0) is 10.3. The molecular formula is C11H19BN2. The van der Waals surface area contributed by atoms with Gasteiger partial charge in [-0.2, -0.15) is 0 Å². The zero-order valence-electron chi connectivity index (χ0n) is 9.72. The van der Waals surface area contributed by atoms with Crippen molar-refractivity contribution in [1.29, 1.82) is 0 Å². The molecule has 2 rings (SSSR count). The van der Waals surface area contributed by atoms with Gasteiger partial charge in [0.25, 0.3) is 0 Å². The largest absolute Gasteiger partial charge is 0.335 e. The summed E-state index contributed by atoms with van der Waals surface area (Å²) in [4.78, 5) is 4.67. The molecule has 3 heteroatoms. The van der Waals surface area contributed by atoms with E-state index in [0.717, 1.165) is 12.2 Å². The Morgan fingerprint density at radius 3 is 2.93 bits per heavy atom. The summed E-state index contributed by atoms with van der Waals surface area (Å²) in [6, 6.07) is 0. The van der Waals surface area contributed by atoms with Crippen LogP contribution in [0.2, 0.25) is 5.31 Å². The summed E-state index contributed by atoms with van der Waals surface area (Å²) in [5.41, 5.74) is 2.81. The predicted molar refractivity (Wildman–Crippen MR) is 61.5 cm³/mol. The van der Waals surface area contributed by atoms with Crippen LogP contribution in [0.25, 0.3) is 0 Å². The van der Waals surface area contributed by atoms with Crippen molar-refractivity contribution < 1.29 is 0 Å². The highest BCUT2D eigenvalue weighted by atomic mass is 15.1. The molecule has 0 spiro atoms. The van der Waals surface area contributed by atoms with Crippen LogP contribution in [-0.2, 0) is 19.9 Å². The van der Waals surface area contributed by atoms with Gasteiger partial charge in [0, 0.05) is 12.7 Å². The Kier molecular flexibility index (Phi) is 2.21. The SMILES string of the molecule is BC1(C)CCCc2c(nc(C)n2C)C1. The van der Waals surface area contributed by atoms with Gasteiger partial charge in [-0.05, 0) is 26.2 Å². The van der Waals surface area contributed by atoms with E-state index in [1.165, 1.54) is 30.7 Å². The number of fused-ring (bicyclic) bond motifs is 1. The normalized spacial score (nSPS) is 27.1. The van der Waals surface area contributed by atoms with Gasteiger partial charge >= 0.3 is 0 Å². The molecule has 14 heavy (non-hydrogen) atoms. The van der Waals surface area contributed by atoms with Gasteiger partial charge in [-0.15, -0.1) is 0 Å². The second-order valence-corrected chi connectivity index (χ2v) is 5.31. The van der Waals surface area contributed by atoms with E-state index >= 15 is 0 Å². The first-order valence-electron chi connectivity index (χ1n) is 5.51. The highest BCUT2D eigenvalue weighted by Crippen LogP contribution is 2.36. The highest BCUT2D eigenvalue weighted by Gasteiger charge is 2.26. The van der Waals surface area contributed by atoms with Gasteiger partial charge in [0.05, 0.1) is 5.69 Å². The lowest BCUT2D eigenvalue weighted by molar-refractivity contribution is 0.544. The van der Waals surface area contributed by atoms with Gasteiger partial charge < -0.3 is 4.57 Å². The Balaban J connectivity index is 2.41. The molecular weight excluding hydrogens is 171 g/mol. The maximum atomic E-state index is 4.67. The average Bonchev–Trinajstić information content (AvgIpc) is 2.28. The van der Waals surface area contributed by atoms with Crippen molar-refractivity contribution in [1.82, 2.24) is 9.55 Å². The fourth-order valence-corrected chi connectivity index (χ4v) is 2.45. The number of nitrogens with zero attached hydrogens (tertiary/aromatic N) is 2. The summed E-state index contributed by atoms with van der Waals surface area (Å²) in [5, 5.41) is 0.437. The molecule has 0 bridgehead atoms. The molecule has 0 N–H and O–H groups in total. The summed E-state index contributed by atoms with van der Waals surface area (Å²) < 4.78 is 2.26. The molecule has 0 radical (unpaired) electrons. The van der Waals surface area contributed by atoms with Crippen LogP contribution in [0, 0.1) is 6.92 Å². The zero-order valence-corrected chi connectivity index (χ0v) is 9.72. The van der Waals surface area contributed by atoms with Crippen LogP contribution in [0.4, 0.5) is 0 Å². The van der Waals surface area contributed by atoms with Gasteiger partial charge in [0.1, 0.15) is 13.7 Å². The topological polar surface area (TPSA) is 17.8 Å². The molecule has 1 unspecified atom stereocenters. The molecule has 0 amide bonds. The number of rotatable bonds is 0. The fourth-order valence-electron chi connectivity index (χ4n) is 2.45. The molecule has 0 saturated heterocycles. The number of hydrogen-bond acceptors (Lipinski definition) is 1. The van der Waals surface area contributed by atoms with E-state index in [4.69, 9.17) is 0 Å². The monoisotopic (exact) mass is 190 g/mol. The van der Waals surface area contributed by atoms with Crippen molar-refractivity contribution in [3.05, 3.63) is 17.2 Å². The second kappa shape index (κ2) is 3.14. The Bertz CT molecular complexity index is 352. The van der Waals surface area contributed by atoms with E-state index in [0.29, 0.717) is 5.31 Å². The van der Waals surface area contributed by atoms with E-state index in [2.05, 4.69) is 38.3 Å². The summed E-state index contributed by atoms with van der Waals surface area (Å²) in [7, 11) is 4.49. The molecule has 1 aliphatic carbocycles. The minimum Gasteiger partial charge on any atom is -0.335 e. The second-order valence-electron chi connectivity index (χ2n) is 5.31. The van der Waals surface area contributed by atoms with Crippen LogP contribution in [0.1, 0.15) is 37.0 Å². The predicted octanol–water partition coefficient (Wildman–Crippen LogP) is 1.42. The fraction of sp³-hybridized carbons (Fsp3) is 0.727. The van der Waals surface area contributed by atoms with Gasteiger partial charge in [-0.25, -0.2) is 4.98 Å². The molecule has 1 heterocycles. The van der Waals surface area contributed by atoms with Gasteiger partial charge in [0.15, 0.2) is 0 Å². The Morgan fingerprint density at radius 2 is 2.21 bits per heavy atom. The minimum atomic E-state index is 0.437. The molecule has 0 fully saturated rings. The van der Waals surface area contributed by atoms with E-state index in [1.807, 2.05) is 0 Å². The lowest BCUT2D eigenvalue weighted by atomic mass is 9.65. The van der Waals surface area contributed by atoms with Crippen molar-refractivity contribution in [2.45, 2.75) is 44.8 Å². The Labute approximate surface area is 87.1 Å². The summed E-state index contributed by atoms with van der Waals surface area (Å²) >= 11 is 0. The third-order valence-electron chi connectivity index (χ3n) is 3.43. The molecule has 76 valence electrons. The Morgan fingerprint density at radius 1 is 1.50 bits per heavy atom. The molecule has 1 atom stereocenters. The van der Waals surface area contributed by atoms with Crippen LogP contribution >= 0.6 is 0 Å². The number of hydrogen-bond donors (Lipinski definition) is 0. The van der Waals surface area contributed by atoms with Crippen LogP contribution in [0.15, 0.2) is 0 Å². The first-order chi connectivity index (χ1) is 6.49. The number of aromatic nitrogens is 2. The lowest BCUT2D eigenvalue weighted by Gasteiger charge is -2.20. The van der Waals surface area contributed by atoms with Crippen molar-refractivity contribution in [2.24, 2.45) is 7.05 Å². The smallest absolute Gasteiger partial charge is 0.109 e. The third kappa shape index (κ3) is 1.60. The van der Waals surface area contributed by atoms with Crippen molar-refractivity contribution in [3.63, 3.8) is 0 Å². The van der Waals surface area contributed by atoms with E-state index in [1.54, 1.807) is 0 Å². The quantitative estimate of drug-likeness (QED) is 0.446. The summed E-state index contributed by atoms with van der Waals surface area (Å²) in [5.74, 6) is 1.16. The first kappa shape index (κ1) is 9.82. The third-order valence-corrected chi connectivity index (χ3v) is 3.43. The average molecular weight is 190 g/mol. The van der Waals surface area contributed by atoms with Crippen molar-refractivity contribution in [3.8, 4) is 0 Å². The number of aryl methyl sites for hydroxylation is 1. The van der Waals surface area contributed by atoms with E-state index in [-0.39, 0.29) is 0 Å². The Hall–Kier alpha value is -0.725. The van der Waals surface area contributed by atoms with Crippen molar-refractivity contribution in [2.75, 3.05) is 0 Å². The first-order valence-corrected chi connectivity index (χ1v) is 5.51. The minimum absolute atomic E-state index is 0.437. The molecule has 0 aliphatic heterocycles. The molecule has 2 nitrogen and oxygen atoms in total. The molecule has 1 aromatic rings. The lowest BCUT2D eigenvalue weighted by Crippen LogP contribution is -2.10. The highest BCUT2D eigenvalue weighted by molar-refractivity contribution is 6.15. The molecule has 1 aliphatic rings. The summed E-state index contributed by atoms with van der Waals surface area (Å²) in [6.07, 6.45) is 4.97. The molecule has 0 aromatic carbocycles. The maximum absolute atomic E-state index is 4.67. The summed E-state index contributed by atoms with van der Waals surface area (Å²) in [6.45, 7) is 4.45. The van der Waals surface area contributed by atoms with Gasteiger partial charge in [-0.1, -0.05) is 18.7 Å². The maximum Gasteiger partial charge on any atom is 0.109 e. The van der Waals surface area contributed by atoms with E-state index < -0.39 is 0 Å². The molecule has 0 saturated carbocycles. The van der Waals surface area contributed by atoms with Crippen molar-refractivity contribution >= 4 is 7.85 Å². The van der Waals surface area contributed by atoms with Crippen LogP contribution in [0.3, 0.4) is 0 Å². The van der Waals surface area contributed by atoms with E-state index in [9.17, 15) is 0 Å². The van der Waals surface area contributed by atoms with Crippen LogP contribution in [0.5, 0.6) is 0 Å². The van der Waals surface area contributed by atoms with Crippen LogP contribution < -0.4 is 0 Å². The molecule has 1 aromatic heterocycles. The van der Waals surface area contributed by atoms with Gasteiger partial charge in [-0.3, -0.25) is 0 Å².